The van der Waals surface area contributed by atoms with E-state index in [9.17, 15) is 18.8 Å². The fourth-order valence-corrected chi connectivity index (χ4v) is 4.11. The van der Waals surface area contributed by atoms with Gasteiger partial charge < -0.3 is 15.1 Å². The lowest BCUT2D eigenvalue weighted by Gasteiger charge is -2.42. The number of nitrogens with one attached hydrogen (secondary N) is 2. The lowest BCUT2D eigenvalue weighted by molar-refractivity contribution is -0.137. The monoisotopic (exact) mass is 410 g/mol. The van der Waals surface area contributed by atoms with E-state index in [0.29, 0.717) is 19.6 Å². The van der Waals surface area contributed by atoms with Gasteiger partial charge in [0.05, 0.1) is 5.02 Å². The van der Waals surface area contributed by atoms with Crippen molar-refractivity contribution < 1.29 is 18.8 Å². The molecular weight excluding hydrogens is 387 g/mol. The number of urea groups is 1. The van der Waals surface area contributed by atoms with E-state index in [-0.39, 0.29) is 23.4 Å². The maximum atomic E-state index is 13.4. The predicted molar refractivity (Wildman–Crippen MR) is 104 cm³/mol. The number of hydrogen-bond acceptors (Lipinski definition) is 4. The third kappa shape index (κ3) is 3.92. The highest BCUT2D eigenvalue weighted by molar-refractivity contribution is 6.31. The third-order valence-electron chi connectivity index (χ3n) is 5.43. The van der Waals surface area contributed by atoms with Crippen molar-refractivity contribution in [1.29, 1.82) is 0 Å². The number of amides is 4. The maximum absolute atomic E-state index is 13.4. The van der Waals surface area contributed by atoms with Crippen LogP contribution in [-0.2, 0) is 9.59 Å². The van der Waals surface area contributed by atoms with Gasteiger partial charge >= 0.3 is 6.03 Å². The van der Waals surface area contributed by atoms with Gasteiger partial charge in [-0.3, -0.25) is 14.9 Å². The van der Waals surface area contributed by atoms with Gasteiger partial charge in [0, 0.05) is 37.3 Å². The number of benzene rings is 1. The van der Waals surface area contributed by atoms with Crippen molar-refractivity contribution in [2.24, 2.45) is 5.92 Å². The lowest BCUT2D eigenvalue weighted by atomic mass is 9.89. The molecule has 3 atom stereocenters. The van der Waals surface area contributed by atoms with Gasteiger partial charge in [-0.15, -0.1) is 0 Å². The van der Waals surface area contributed by atoms with Crippen LogP contribution in [0.1, 0.15) is 27.2 Å². The molecule has 1 aromatic rings. The largest absolute Gasteiger partial charge is 0.365 e. The van der Waals surface area contributed by atoms with Crippen LogP contribution in [0, 0.1) is 11.7 Å². The smallest absolute Gasteiger partial charge is 0.322 e. The summed E-state index contributed by atoms with van der Waals surface area (Å²) >= 11 is 5.89. The van der Waals surface area contributed by atoms with Gasteiger partial charge in [0.25, 0.3) is 5.91 Å². The van der Waals surface area contributed by atoms with Crippen molar-refractivity contribution >= 4 is 35.1 Å². The molecule has 28 heavy (non-hydrogen) atoms. The van der Waals surface area contributed by atoms with E-state index >= 15 is 0 Å². The Hall–Kier alpha value is -2.35. The van der Waals surface area contributed by atoms with E-state index in [1.54, 1.807) is 30.9 Å². The first kappa shape index (κ1) is 20.4. The van der Waals surface area contributed by atoms with Crippen molar-refractivity contribution in [3.63, 3.8) is 0 Å². The number of rotatable bonds is 4. The van der Waals surface area contributed by atoms with Crippen LogP contribution in [0.2, 0.25) is 5.02 Å². The highest BCUT2D eigenvalue weighted by Crippen LogP contribution is 2.27. The Kier molecular flexibility index (Phi) is 5.52. The van der Waals surface area contributed by atoms with E-state index in [4.69, 9.17) is 11.6 Å². The molecule has 4 amide bonds. The van der Waals surface area contributed by atoms with Crippen molar-refractivity contribution in [3.05, 3.63) is 29.0 Å². The second-order valence-corrected chi connectivity index (χ2v) is 8.18. The van der Waals surface area contributed by atoms with Gasteiger partial charge in [-0.25, -0.2) is 9.18 Å². The standard InChI is InChI=1S/C19H24ClFN4O3/c1-11(9-19(3)17(27)22-18(28)23-19)16(26)24-6-7-25(12(2)10-24)13-4-5-15(21)14(20)8-13/h4-5,8,11-12H,6-7,9-10H2,1-3H3,(H2,22,23,27,28). The SMILES string of the molecule is CC(CC1(C)NC(=O)NC1=O)C(=O)N1CCN(c2ccc(F)c(Cl)c2)C(C)C1. The van der Waals surface area contributed by atoms with Crippen LogP contribution >= 0.6 is 11.6 Å². The molecule has 0 aliphatic carbocycles. The molecule has 1 aromatic carbocycles. The molecular formula is C19H24ClFN4O3. The normalized spacial score (nSPS) is 26.1. The second kappa shape index (κ2) is 7.58. The molecule has 0 aromatic heterocycles. The molecule has 7 nitrogen and oxygen atoms in total. The molecule has 3 rings (SSSR count). The summed E-state index contributed by atoms with van der Waals surface area (Å²) in [7, 11) is 0. The predicted octanol–water partition coefficient (Wildman–Crippen LogP) is 2.14. The van der Waals surface area contributed by atoms with Crippen molar-refractivity contribution in [2.75, 3.05) is 24.5 Å². The minimum atomic E-state index is -1.08. The van der Waals surface area contributed by atoms with E-state index in [2.05, 4.69) is 15.5 Å². The summed E-state index contributed by atoms with van der Waals surface area (Å²) in [6, 6.07) is 4.10. The number of piperazine rings is 1. The van der Waals surface area contributed by atoms with Gasteiger partial charge in [-0.05, 0) is 38.5 Å². The fourth-order valence-electron chi connectivity index (χ4n) is 3.94. The highest BCUT2D eigenvalue weighted by atomic mass is 35.5. The Morgan fingerprint density at radius 2 is 2.11 bits per heavy atom. The Bertz CT molecular complexity index is 820. The number of halogens is 2. The summed E-state index contributed by atoms with van der Waals surface area (Å²) in [5, 5.41) is 4.88. The first-order chi connectivity index (χ1) is 13.1. The minimum absolute atomic E-state index is 0.0245. The molecule has 2 fully saturated rings. The molecule has 0 bridgehead atoms. The fraction of sp³-hybridized carbons (Fsp3) is 0.526. The van der Waals surface area contributed by atoms with Crippen LogP contribution in [0.3, 0.4) is 0 Å². The highest BCUT2D eigenvalue weighted by Gasteiger charge is 2.44. The molecule has 2 saturated heterocycles. The van der Waals surface area contributed by atoms with Crippen molar-refractivity contribution in [3.8, 4) is 0 Å². The van der Waals surface area contributed by atoms with Gasteiger partial charge in [0.1, 0.15) is 11.4 Å². The average molecular weight is 411 g/mol. The number of imide groups is 1. The first-order valence-corrected chi connectivity index (χ1v) is 9.62. The number of carbonyl (C=O) groups is 3. The topological polar surface area (TPSA) is 81.8 Å². The van der Waals surface area contributed by atoms with E-state index < -0.39 is 29.2 Å². The number of hydrogen-bond donors (Lipinski definition) is 2. The Balaban J connectivity index is 1.63. The maximum Gasteiger partial charge on any atom is 0.322 e. The Morgan fingerprint density at radius 3 is 2.68 bits per heavy atom. The molecule has 0 saturated carbocycles. The van der Waals surface area contributed by atoms with Crippen molar-refractivity contribution in [1.82, 2.24) is 15.5 Å². The number of carbonyl (C=O) groups excluding carboxylic acids is 3. The third-order valence-corrected chi connectivity index (χ3v) is 5.72. The summed E-state index contributed by atoms with van der Waals surface area (Å²) in [5.41, 5.74) is -0.262. The molecule has 3 unspecified atom stereocenters. The van der Waals surface area contributed by atoms with Crippen LogP contribution in [-0.4, -0.2) is 54.0 Å². The molecule has 2 heterocycles. The molecule has 152 valence electrons. The van der Waals surface area contributed by atoms with Gasteiger partial charge in [0.15, 0.2) is 0 Å². The summed E-state index contributed by atoms with van der Waals surface area (Å²) < 4.78 is 13.4. The summed E-state index contributed by atoms with van der Waals surface area (Å²) in [6.07, 6.45) is 0.228. The zero-order chi connectivity index (χ0) is 20.6. The minimum Gasteiger partial charge on any atom is -0.365 e. The Labute approximate surface area is 168 Å². The molecule has 2 N–H and O–H groups in total. The zero-order valence-corrected chi connectivity index (χ0v) is 16.8. The lowest BCUT2D eigenvalue weighted by Crippen LogP contribution is -2.55. The molecule has 0 radical (unpaired) electrons. The van der Waals surface area contributed by atoms with Crippen LogP contribution < -0.4 is 15.5 Å². The summed E-state index contributed by atoms with van der Waals surface area (Å²) in [4.78, 5) is 40.1. The zero-order valence-electron chi connectivity index (χ0n) is 16.1. The van der Waals surface area contributed by atoms with Gasteiger partial charge in [-0.2, -0.15) is 0 Å². The van der Waals surface area contributed by atoms with E-state index in [1.165, 1.54) is 6.07 Å². The van der Waals surface area contributed by atoms with Gasteiger partial charge in [0.2, 0.25) is 5.91 Å². The first-order valence-electron chi connectivity index (χ1n) is 9.25. The summed E-state index contributed by atoms with van der Waals surface area (Å²) in [6.45, 7) is 6.99. The van der Waals surface area contributed by atoms with Gasteiger partial charge in [-0.1, -0.05) is 18.5 Å². The molecule has 0 spiro atoms. The molecule has 2 aliphatic heterocycles. The van der Waals surface area contributed by atoms with Crippen LogP contribution in [0.4, 0.5) is 14.9 Å². The molecule has 9 heteroatoms. The number of anilines is 1. The quantitative estimate of drug-likeness (QED) is 0.745. The van der Waals surface area contributed by atoms with Crippen molar-refractivity contribution in [2.45, 2.75) is 38.8 Å². The summed E-state index contributed by atoms with van der Waals surface area (Å²) in [5.74, 6) is -1.35. The Morgan fingerprint density at radius 1 is 1.39 bits per heavy atom. The molecule has 2 aliphatic rings. The second-order valence-electron chi connectivity index (χ2n) is 7.77. The van der Waals surface area contributed by atoms with E-state index in [1.807, 2.05) is 6.92 Å². The average Bonchev–Trinajstić information content (AvgIpc) is 2.88. The van der Waals surface area contributed by atoms with Crippen LogP contribution in [0.5, 0.6) is 0 Å². The number of nitrogens with zero attached hydrogens (tertiary/aromatic N) is 2. The van der Waals surface area contributed by atoms with Crippen LogP contribution in [0.15, 0.2) is 18.2 Å². The van der Waals surface area contributed by atoms with Crippen LogP contribution in [0.25, 0.3) is 0 Å². The van der Waals surface area contributed by atoms with E-state index in [0.717, 1.165) is 5.69 Å².